The molecule has 4 rings (SSSR count). The Hall–Kier alpha value is -3.11. The summed E-state index contributed by atoms with van der Waals surface area (Å²) in [6.07, 6.45) is 0. The fourth-order valence-corrected chi connectivity index (χ4v) is 3.36. The van der Waals surface area contributed by atoms with Crippen LogP contribution < -0.4 is 10.1 Å². The van der Waals surface area contributed by atoms with Crippen LogP contribution >= 0.6 is 0 Å². The smallest absolute Gasteiger partial charge is 0.232 e. The fraction of sp³-hybridized carbons (Fsp3) is 0.136. The summed E-state index contributed by atoms with van der Waals surface area (Å²) >= 11 is 0. The summed E-state index contributed by atoms with van der Waals surface area (Å²) in [6.45, 7) is 0.326. The summed E-state index contributed by atoms with van der Waals surface area (Å²) in [5, 5.41) is 12.5. The monoisotopic (exact) mass is 345 g/mol. The largest absolute Gasteiger partial charge is 0.457 e. The number of para-hydroxylation sites is 2. The number of benzene rings is 3. The van der Waals surface area contributed by atoms with Gasteiger partial charge in [-0.1, -0.05) is 60.7 Å². The van der Waals surface area contributed by atoms with Crippen molar-refractivity contribution in [3.63, 3.8) is 0 Å². The minimum Gasteiger partial charge on any atom is -0.457 e. The van der Waals surface area contributed by atoms with Gasteiger partial charge >= 0.3 is 0 Å². The minimum absolute atomic E-state index is 0.0466. The van der Waals surface area contributed by atoms with E-state index in [1.165, 1.54) is 0 Å². The first-order valence-corrected chi connectivity index (χ1v) is 8.59. The molecule has 2 N–H and O–H groups in total. The number of nitrogens with one attached hydrogen (secondary N) is 1. The average Bonchev–Trinajstić information content (AvgIpc) is 2.70. The highest BCUT2D eigenvalue weighted by Gasteiger charge is 2.32. The van der Waals surface area contributed by atoms with Crippen LogP contribution in [0.25, 0.3) is 0 Å². The molecule has 4 heteroatoms. The molecule has 0 saturated heterocycles. The van der Waals surface area contributed by atoms with Crippen molar-refractivity contribution >= 4 is 5.91 Å². The first-order chi connectivity index (χ1) is 12.8. The third-order valence-electron chi connectivity index (χ3n) is 4.68. The summed E-state index contributed by atoms with van der Waals surface area (Å²) in [7, 11) is 0. The number of aliphatic hydroxyl groups excluding tert-OH is 1. The Kier molecular flexibility index (Phi) is 4.42. The van der Waals surface area contributed by atoms with Crippen molar-refractivity contribution in [2.24, 2.45) is 0 Å². The van der Waals surface area contributed by atoms with E-state index >= 15 is 0 Å². The summed E-state index contributed by atoms with van der Waals surface area (Å²) in [5.74, 6) is 0.919. The highest BCUT2D eigenvalue weighted by atomic mass is 16.5. The number of hydrogen-bond donors (Lipinski definition) is 2. The summed E-state index contributed by atoms with van der Waals surface area (Å²) in [6, 6.07) is 22.8. The lowest BCUT2D eigenvalue weighted by molar-refractivity contribution is -0.122. The standard InChI is InChI=1S/C22H19NO3/c24-14-16-8-2-1-7-15(16)13-23-22(25)21-17-9-3-5-11-19(17)26-20-12-6-4-10-18(20)21/h1-12,21,24H,13-14H2,(H,23,25). The van der Waals surface area contributed by atoms with E-state index in [2.05, 4.69) is 5.32 Å². The van der Waals surface area contributed by atoms with Gasteiger partial charge in [-0.05, 0) is 23.3 Å². The second-order valence-electron chi connectivity index (χ2n) is 6.26. The number of carbonyl (C=O) groups excluding carboxylic acids is 1. The van der Waals surface area contributed by atoms with Gasteiger partial charge in [-0.3, -0.25) is 4.79 Å². The highest BCUT2D eigenvalue weighted by Crippen LogP contribution is 2.43. The molecule has 1 aliphatic heterocycles. The number of rotatable bonds is 4. The third-order valence-corrected chi connectivity index (χ3v) is 4.68. The molecule has 130 valence electrons. The quantitative estimate of drug-likeness (QED) is 0.757. The second-order valence-corrected chi connectivity index (χ2v) is 6.26. The summed E-state index contributed by atoms with van der Waals surface area (Å²) < 4.78 is 5.94. The first kappa shape index (κ1) is 16.4. The molecule has 0 fully saturated rings. The van der Waals surface area contributed by atoms with Crippen LogP contribution in [0.4, 0.5) is 0 Å². The van der Waals surface area contributed by atoms with E-state index in [4.69, 9.17) is 4.74 Å². The maximum absolute atomic E-state index is 13.1. The van der Waals surface area contributed by atoms with Crippen LogP contribution in [0.15, 0.2) is 72.8 Å². The number of hydrogen-bond acceptors (Lipinski definition) is 3. The highest BCUT2D eigenvalue weighted by molar-refractivity contribution is 5.89. The molecular formula is C22H19NO3. The molecule has 1 amide bonds. The molecule has 0 atom stereocenters. The average molecular weight is 345 g/mol. The SMILES string of the molecule is O=C(NCc1ccccc1CO)C1c2ccccc2Oc2ccccc21. The van der Waals surface area contributed by atoms with Gasteiger partial charge in [-0.25, -0.2) is 0 Å². The number of aliphatic hydroxyl groups is 1. The molecule has 0 aromatic heterocycles. The molecule has 1 heterocycles. The Morgan fingerprint density at radius 3 is 2.00 bits per heavy atom. The Bertz CT molecular complexity index is 906. The van der Waals surface area contributed by atoms with E-state index < -0.39 is 5.92 Å². The maximum Gasteiger partial charge on any atom is 0.232 e. The molecule has 0 aliphatic carbocycles. The molecule has 26 heavy (non-hydrogen) atoms. The van der Waals surface area contributed by atoms with Gasteiger partial charge in [0.1, 0.15) is 11.5 Å². The zero-order valence-corrected chi connectivity index (χ0v) is 14.2. The Labute approximate surface area is 152 Å². The van der Waals surface area contributed by atoms with Crippen molar-refractivity contribution < 1.29 is 14.6 Å². The number of fused-ring (bicyclic) bond motifs is 2. The van der Waals surface area contributed by atoms with E-state index in [0.29, 0.717) is 18.0 Å². The van der Waals surface area contributed by atoms with Crippen molar-refractivity contribution in [2.75, 3.05) is 0 Å². The van der Waals surface area contributed by atoms with Crippen LogP contribution in [0, 0.1) is 0 Å². The van der Waals surface area contributed by atoms with Gasteiger partial charge in [0.05, 0.1) is 12.5 Å². The van der Waals surface area contributed by atoms with Crippen molar-refractivity contribution in [3.05, 3.63) is 95.1 Å². The Morgan fingerprint density at radius 1 is 0.846 bits per heavy atom. The minimum atomic E-state index is -0.419. The van der Waals surface area contributed by atoms with Gasteiger partial charge in [0, 0.05) is 17.7 Å². The fourth-order valence-electron chi connectivity index (χ4n) is 3.36. The van der Waals surface area contributed by atoms with Crippen LogP contribution in [0.3, 0.4) is 0 Å². The predicted molar refractivity (Wildman–Crippen MR) is 99.0 cm³/mol. The lowest BCUT2D eigenvalue weighted by Gasteiger charge is -2.27. The van der Waals surface area contributed by atoms with Gasteiger partial charge in [0.2, 0.25) is 5.91 Å². The first-order valence-electron chi connectivity index (χ1n) is 8.59. The molecule has 4 nitrogen and oxygen atoms in total. The van der Waals surface area contributed by atoms with Gasteiger partial charge in [-0.15, -0.1) is 0 Å². The van der Waals surface area contributed by atoms with E-state index in [-0.39, 0.29) is 12.5 Å². The van der Waals surface area contributed by atoms with Crippen LogP contribution in [-0.4, -0.2) is 11.0 Å². The molecule has 1 aliphatic rings. The van der Waals surface area contributed by atoms with Crippen molar-refractivity contribution in [1.29, 1.82) is 0 Å². The third kappa shape index (κ3) is 2.95. The van der Waals surface area contributed by atoms with Gasteiger partial charge in [0.25, 0.3) is 0 Å². The van der Waals surface area contributed by atoms with Crippen LogP contribution in [-0.2, 0) is 17.9 Å². The molecule has 3 aromatic rings. The molecule has 0 unspecified atom stereocenters. The lowest BCUT2D eigenvalue weighted by Crippen LogP contribution is -2.31. The van der Waals surface area contributed by atoms with Crippen LogP contribution in [0.2, 0.25) is 0 Å². The summed E-state index contributed by atoms with van der Waals surface area (Å²) in [4.78, 5) is 13.1. The predicted octanol–water partition coefficient (Wildman–Crippen LogP) is 3.73. The molecule has 0 saturated carbocycles. The number of amides is 1. The zero-order valence-electron chi connectivity index (χ0n) is 14.2. The lowest BCUT2D eigenvalue weighted by atomic mass is 9.87. The Morgan fingerprint density at radius 2 is 1.38 bits per heavy atom. The van der Waals surface area contributed by atoms with E-state index in [0.717, 1.165) is 22.3 Å². The summed E-state index contributed by atoms with van der Waals surface area (Å²) in [5.41, 5.74) is 3.45. The van der Waals surface area contributed by atoms with Gasteiger partial charge < -0.3 is 15.2 Å². The zero-order chi connectivity index (χ0) is 17.9. The topological polar surface area (TPSA) is 58.6 Å². The molecule has 0 bridgehead atoms. The van der Waals surface area contributed by atoms with Crippen molar-refractivity contribution in [1.82, 2.24) is 5.32 Å². The molecule has 0 spiro atoms. The van der Waals surface area contributed by atoms with Crippen LogP contribution in [0.5, 0.6) is 11.5 Å². The van der Waals surface area contributed by atoms with Gasteiger partial charge in [0.15, 0.2) is 0 Å². The van der Waals surface area contributed by atoms with Crippen molar-refractivity contribution in [2.45, 2.75) is 19.1 Å². The van der Waals surface area contributed by atoms with Crippen LogP contribution in [0.1, 0.15) is 28.2 Å². The Balaban J connectivity index is 1.64. The van der Waals surface area contributed by atoms with Crippen molar-refractivity contribution in [3.8, 4) is 11.5 Å². The normalized spacial score (nSPS) is 12.7. The molecule has 3 aromatic carbocycles. The van der Waals surface area contributed by atoms with E-state index in [9.17, 15) is 9.90 Å². The molecule has 0 radical (unpaired) electrons. The maximum atomic E-state index is 13.1. The number of carbonyl (C=O) groups is 1. The van der Waals surface area contributed by atoms with E-state index in [1.54, 1.807) is 0 Å². The van der Waals surface area contributed by atoms with Gasteiger partial charge in [-0.2, -0.15) is 0 Å². The molecular weight excluding hydrogens is 326 g/mol. The van der Waals surface area contributed by atoms with E-state index in [1.807, 2.05) is 72.8 Å². The second kappa shape index (κ2) is 7.02. The number of ether oxygens (including phenoxy) is 1.